The number of nitrogens with zero attached hydrogens (tertiary/aromatic N) is 2. The first kappa shape index (κ1) is 22.4. The molecule has 0 spiro atoms. The number of hydrogen-bond acceptors (Lipinski definition) is 3. The maximum atomic E-state index is 4.32. The fourth-order valence-corrected chi connectivity index (χ4v) is 2.45. The van der Waals surface area contributed by atoms with Gasteiger partial charge >= 0.3 is 0 Å². The van der Waals surface area contributed by atoms with Gasteiger partial charge in [-0.3, -0.25) is 4.99 Å². The summed E-state index contributed by atoms with van der Waals surface area (Å²) in [5.74, 6) is 0. The van der Waals surface area contributed by atoms with Crippen molar-refractivity contribution in [3.8, 4) is 0 Å². The molecule has 0 saturated heterocycles. The van der Waals surface area contributed by atoms with E-state index >= 15 is 0 Å². The normalized spacial score (nSPS) is 13.4. The van der Waals surface area contributed by atoms with Crippen LogP contribution in [0.25, 0.3) is 0 Å². The van der Waals surface area contributed by atoms with Gasteiger partial charge in [0.2, 0.25) is 0 Å². The summed E-state index contributed by atoms with van der Waals surface area (Å²) in [7, 11) is 0. The van der Waals surface area contributed by atoms with Gasteiger partial charge in [0.15, 0.2) is 0 Å². The Kier molecular flexibility index (Phi) is 11.9. The molecule has 0 aliphatic rings. The summed E-state index contributed by atoms with van der Waals surface area (Å²) in [5.41, 5.74) is 5.17. The van der Waals surface area contributed by atoms with Crippen LogP contribution in [0.2, 0.25) is 0 Å². The minimum Gasteiger partial charge on any atom is -0.384 e. The van der Waals surface area contributed by atoms with Gasteiger partial charge in [0.05, 0.1) is 0 Å². The number of allylic oxidation sites excluding steroid dienone is 5. The molecule has 0 aromatic heterocycles. The Balaban J connectivity index is 4.60. The summed E-state index contributed by atoms with van der Waals surface area (Å²) in [6.45, 7) is 25.1. The fraction of sp³-hybridized carbons (Fsp3) is 0.571. The molecular formula is C21H37N3. The van der Waals surface area contributed by atoms with Crippen LogP contribution in [-0.2, 0) is 0 Å². The molecule has 0 bridgehead atoms. The molecule has 0 fully saturated rings. The average Bonchev–Trinajstić information content (AvgIpc) is 2.54. The molecule has 24 heavy (non-hydrogen) atoms. The van der Waals surface area contributed by atoms with Crippen LogP contribution < -0.4 is 5.32 Å². The van der Waals surface area contributed by atoms with E-state index in [0.717, 1.165) is 54.3 Å². The van der Waals surface area contributed by atoms with Gasteiger partial charge in [0, 0.05) is 30.7 Å². The van der Waals surface area contributed by atoms with Crippen LogP contribution in [0.5, 0.6) is 0 Å². The van der Waals surface area contributed by atoms with Crippen LogP contribution in [-0.4, -0.2) is 37.3 Å². The SMILES string of the molecule is C=C(/C=C(\C)C(=C)NCCN(CCC)CCC)/C(C)=C(C)\N=C/C. The lowest BCUT2D eigenvalue weighted by molar-refractivity contribution is 0.277. The van der Waals surface area contributed by atoms with E-state index in [4.69, 9.17) is 0 Å². The van der Waals surface area contributed by atoms with Gasteiger partial charge in [0.1, 0.15) is 0 Å². The predicted octanol–water partition coefficient (Wildman–Crippen LogP) is 5.10. The summed E-state index contributed by atoms with van der Waals surface area (Å²) in [6, 6.07) is 0. The van der Waals surface area contributed by atoms with Crippen molar-refractivity contribution in [1.29, 1.82) is 0 Å². The van der Waals surface area contributed by atoms with E-state index in [1.165, 1.54) is 12.8 Å². The highest BCUT2D eigenvalue weighted by Crippen LogP contribution is 2.17. The molecule has 0 radical (unpaired) electrons. The molecule has 0 aromatic carbocycles. The van der Waals surface area contributed by atoms with Gasteiger partial charge < -0.3 is 10.2 Å². The van der Waals surface area contributed by atoms with Gasteiger partial charge in [-0.2, -0.15) is 0 Å². The second-order valence-electron chi connectivity index (χ2n) is 6.20. The Labute approximate surface area is 149 Å². The monoisotopic (exact) mass is 331 g/mol. The third kappa shape index (κ3) is 8.88. The fourth-order valence-electron chi connectivity index (χ4n) is 2.45. The maximum absolute atomic E-state index is 4.32. The molecule has 136 valence electrons. The highest BCUT2D eigenvalue weighted by atomic mass is 15.1. The molecule has 3 nitrogen and oxygen atoms in total. The highest BCUT2D eigenvalue weighted by molar-refractivity contribution is 5.56. The van der Waals surface area contributed by atoms with Gasteiger partial charge in [-0.05, 0) is 70.3 Å². The van der Waals surface area contributed by atoms with Crippen molar-refractivity contribution in [3.63, 3.8) is 0 Å². The molecule has 0 heterocycles. The van der Waals surface area contributed by atoms with Gasteiger partial charge in [0.25, 0.3) is 0 Å². The summed E-state index contributed by atoms with van der Waals surface area (Å²) >= 11 is 0. The van der Waals surface area contributed by atoms with Gasteiger partial charge in [-0.15, -0.1) is 0 Å². The molecule has 0 unspecified atom stereocenters. The zero-order chi connectivity index (χ0) is 18.5. The first-order chi connectivity index (χ1) is 11.4. The maximum Gasteiger partial charge on any atom is 0.0403 e. The zero-order valence-electron chi connectivity index (χ0n) is 16.7. The molecular weight excluding hydrogens is 294 g/mol. The molecule has 0 amide bonds. The zero-order valence-corrected chi connectivity index (χ0v) is 16.7. The molecule has 0 atom stereocenters. The number of nitrogens with one attached hydrogen (secondary N) is 1. The van der Waals surface area contributed by atoms with Crippen molar-refractivity contribution in [2.75, 3.05) is 26.2 Å². The first-order valence-corrected chi connectivity index (χ1v) is 9.06. The molecule has 0 rings (SSSR count). The quantitative estimate of drug-likeness (QED) is 0.398. The van der Waals surface area contributed by atoms with Crippen molar-refractivity contribution in [3.05, 3.63) is 47.3 Å². The van der Waals surface area contributed by atoms with E-state index in [-0.39, 0.29) is 0 Å². The molecule has 1 N–H and O–H groups in total. The highest BCUT2D eigenvalue weighted by Gasteiger charge is 2.04. The van der Waals surface area contributed by atoms with Crippen LogP contribution in [0.4, 0.5) is 0 Å². The Morgan fingerprint density at radius 2 is 1.62 bits per heavy atom. The van der Waals surface area contributed by atoms with E-state index in [2.05, 4.69) is 62.1 Å². The molecule has 0 aliphatic heterocycles. The Hall–Kier alpha value is -1.61. The lowest BCUT2D eigenvalue weighted by Gasteiger charge is -2.22. The van der Waals surface area contributed by atoms with Crippen molar-refractivity contribution in [2.45, 2.75) is 54.4 Å². The summed E-state index contributed by atoms with van der Waals surface area (Å²) in [5, 5.41) is 3.44. The summed E-state index contributed by atoms with van der Waals surface area (Å²) in [6.07, 6.45) is 6.28. The Morgan fingerprint density at radius 3 is 2.12 bits per heavy atom. The van der Waals surface area contributed by atoms with Crippen LogP contribution in [0.3, 0.4) is 0 Å². The Bertz CT molecular complexity index is 489. The predicted molar refractivity (Wildman–Crippen MR) is 110 cm³/mol. The van der Waals surface area contributed by atoms with Crippen LogP contribution in [0.1, 0.15) is 54.4 Å². The van der Waals surface area contributed by atoms with E-state index < -0.39 is 0 Å². The van der Waals surface area contributed by atoms with Crippen molar-refractivity contribution >= 4 is 6.21 Å². The van der Waals surface area contributed by atoms with Crippen molar-refractivity contribution in [1.82, 2.24) is 10.2 Å². The van der Waals surface area contributed by atoms with Gasteiger partial charge in [-0.1, -0.05) is 33.1 Å². The first-order valence-electron chi connectivity index (χ1n) is 9.06. The summed E-state index contributed by atoms with van der Waals surface area (Å²) in [4.78, 5) is 6.82. The molecule has 0 saturated carbocycles. The number of hydrogen-bond donors (Lipinski definition) is 1. The molecule has 0 aliphatic carbocycles. The second-order valence-corrected chi connectivity index (χ2v) is 6.20. The number of aliphatic imine (C=N–C) groups is 1. The minimum absolute atomic E-state index is 0.921. The minimum atomic E-state index is 0.921. The topological polar surface area (TPSA) is 27.6 Å². The second kappa shape index (κ2) is 12.8. The van der Waals surface area contributed by atoms with Crippen molar-refractivity contribution in [2.24, 2.45) is 4.99 Å². The van der Waals surface area contributed by atoms with E-state index in [9.17, 15) is 0 Å². The lowest BCUT2D eigenvalue weighted by Crippen LogP contribution is -2.33. The van der Waals surface area contributed by atoms with Crippen LogP contribution >= 0.6 is 0 Å². The van der Waals surface area contributed by atoms with E-state index in [1.807, 2.05) is 20.1 Å². The number of rotatable bonds is 12. The van der Waals surface area contributed by atoms with Crippen LogP contribution in [0, 0.1) is 0 Å². The molecule has 3 heteroatoms. The largest absolute Gasteiger partial charge is 0.384 e. The smallest absolute Gasteiger partial charge is 0.0403 e. The van der Waals surface area contributed by atoms with Crippen molar-refractivity contribution < 1.29 is 0 Å². The van der Waals surface area contributed by atoms with E-state index in [1.54, 1.807) is 0 Å². The average molecular weight is 332 g/mol. The third-order valence-electron chi connectivity index (χ3n) is 4.06. The summed E-state index contributed by atoms with van der Waals surface area (Å²) < 4.78 is 0. The standard InChI is InChI=1S/C21H37N3/c1-9-13-24(14-10-2)15-12-23-20(7)18(5)16-17(4)19(6)21(8)22-11-3/h11,16,23H,4,7,9-10,12-15H2,1-3,5-6,8H3/b18-16+,21-19-,22-11-. The van der Waals surface area contributed by atoms with Crippen LogP contribution in [0.15, 0.2) is 52.3 Å². The Morgan fingerprint density at radius 1 is 1.04 bits per heavy atom. The third-order valence-corrected chi connectivity index (χ3v) is 4.06. The molecule has 0 aromatic rings. The lowest BCUT2D eigenvalue weighted by atomic mass is 10.0. The van der Waals surface area contributed by atoms with E-state index in [0.29, 0.717) is 0 Å². The van der Waals surface area contributed by atoms with Gasteiger partial charge in [-0.25, -0.2) is 0 Å².